The molecule has 0 aliphatic carbocycles. The lowest BCUT2D eigenvalue weighted by molar-refractivity contribution is -0.137. The van der Waals surface area contributed by atoms with Gasteiger partial charge in [-0.15, -0.1) is 0 Å². The van der Waals surface area contributed by atoms with Crippen molar-refractivity contribution in [1.82, 2.24) is 0 Å². The second-order valence-corrected chi connectivity index (χ2v) is 4.02. The lowest BCUT2D eigenvalue weighted by atomic mass is 10.0. The maximum Gasteiger partial charge on any atom is 0.416 e. The SMILES string of the molecule is CCCCC(=O)Cc1cccc(C(F)(F)F)c1. The number of alkyl halides is 3. The number of carbonyl (C=O) groups excluding carboxylic acids is 1. The van der Waals surface area contributed by atoms with Crippen LogP contribution in [-0.2, 0) is 17.4 Å². The Morgan fingerprint density at radius 2 is 2.00 bits per heavy atom. The van der Waals surface area contributed by atoms with Gasteiger partial charge >= 0.3 is 6.18 Å². The molecule has 1 aromatic rings. The molecule has 0 saturated heterocycles. The van der Waals surface area contributed by atoms with Gasteiger partial charge in [0.15, 0.2) is 0 Å². The molecule has 4 heteroatoms. The highest BCUT2D eigenvalue weighted by atomic mass is 19.4. The van der Waals surface area contributed by atoms with Crippen LogP contribution in [0.3, 0.4) is 0 Å². The van der Waals surface area contributed by atoms with Gasteiger partial charge in [-0.3, -0.25) is 4.79 Å². The predicted octanol–water partition coefficient (Wildman–Crippen LogP) is 4.01. The van der Waals surface area contributed by atoms with Crippen LogP contribution in [0, 0.1) is 0 Å². The lowest BCUT2D eigenvalue weighted by Crippen LogP contribution is -2.07. The minimum absolute atomic E-state index is 0.00817. The third-order valence-corrected chi connectivity index (χ3v) is 2.46. The summed E-state index contributed by atoms with van der Waals surface area (Å²) in [5.74, 6) is -0.00817. The highest BCUT2D eigenvalue weighted by Gasteiger charge is 2.30. The van der Waals surface area contributed by atoms with Gasteiger partial charge in [0, 0.05) is 12.8 Å². The number of halogens is 3. The zero-order valence-electron chi connectivity index (χ0n) is 9.68. The molecular formula is C13H15F3O. The van der Waals surface area contributed by atoms with E-state index in [4.69, 9.17) is 0 Å². The third-order valence-electron chi connectivity index (χ3n) is 2.46. The van der Waals surface area contributed by atoms with Gasteiger partial charge < -0.3 is 0 Å². The van der Waals surface area contributed by atoms with E-state index in [0.29, 0.717) is 12.0 Å². The van der Waals surface area contributed by atoms with Gasteiger partial charge in [-0.05, 0) is 18.1 Å². The summed E-state index contributed by atoms with van der Waals surface area (Å²) in [4.78, 5) is 11.5. The summed E-state index contributed by atoms with van der Waals surface area (Å²) >= 11 is 0. The fourth-order valence-corrected chi connectivity index (χ4v) is 1.55. The number of unbranched alkanes of at least 4 members (excludes halogenated alkanes) is 1. The Hall–Kier alpha value is -1.32. The Morgan fingerprint density at radius 3 is 2.59 bits per heavy atom. The number of carbonyl (C=O) groups is 1. The molecule has 0 amide bonds. The number of ketones is 1. The predicted molar refractivity (Wildman–Crippen MR) is 59.7 cm³/mol. The summed E-state index contributed by atoms with van der Waals surface area (Å²) in [6.07, 6.45) is -2.12. The van der Waals surface area contributed by atoms with Gasteiger partial charge in [0.2, 0.25) is 0 Å². The highest BCUT2D eigenvalue weighted by molar-refractivity contribution is 5.80. The van der Waals surface area contributed by atoms with Gasteiger partial charge in [-0.25, -0.2) is 0 Å². The van der Waals surface area contributed by atoms with Gasteiger partial charge in [0.05, 0.1) is 5.56 Å². The topological polar surface area (TPSA) is 17.1 Å². The van der Waals surface area contributed by atoms with Gasteiger partial charge in [0.25, 0.3) is 0 Å². The first-order valence-corrected chi connectivity index (χ1v) is 5.61. The van der Waals surface area contributed by atoms with Crippen LogP contribution in [0.4, 0.5) is 13.2 Å². The minimum atomic E-state index is -4.34. The van der Waals surface area contributed by atoms with Gasteiger partial charge in [-0.2, -0.15) is 13.2 Å². The summed E-state index contributed by atoms with van der Waals surface area (Å²) < 4.78 is 37.3. The summed E-state index contributed by atoms with van der Waals surface area (Å²) in [5.41, 5.74) is -0.265. The fourth-order valence-electron chi connectivity index (χ4n) is 1.55. The van der Waals surface area contributed by atoms with Crippen molar-refractivity contribution in [2.75, 3.05) is 0 Å². The number of rotatable bonds is 5. The van der Waals surface area contributed by atoms with Crippen LogP contribution in [-0.4, -0.2) is 5.78 Å². The van der Waals surface area contributed by atoms with E-state index in [-0.39, 0.29) is 12.2 Å². The summed E-state index contributed by atoms with van der Waals surface area (Å²) in [6.45, 7) is 1.97. The fraction of sp³-hybridized carbons (Fsp3) is 0.462. The van der Waals surface area contributed by atoms with Crippen LogP contribution >= 0.6 is 0 Å². The maximum atomic E-state index is 12.4. The van der Waals surface area contributed by atoms with E-state index in [9.17, 15) is 18.0 Å². The zero-order valence-corrected chi connectivity index (χ0v) is 9.68. The van der Waals surface area contributed by atoms with Crippen molar-refractivity contribution in [3.05, 3.63) is 35.4 Å². The molecule has 1 nitrogen and oxygen atoms in total. The van der Waals surface area contributed by atoms with Crippen molar-refractivity contribution >= 4 is 5.78 Å². The molecule has 0 aliphatic heterocycles. The van der Waals surface area contributed by atoms with E-state index in [1.165, 1.54) is 6.07 Å². The molecule has 0 radical (unpaired) electrons. The van der Waals surface area contributed by atoms with Crippen LogP contribution in [0.5, 0.6) is 0 Å². The molecule has 0 heterocycles. The second-order valence-electron chi connectivity index (χ2n) is 4.02. The average Bonchev–Trinajstić information content (AvgIpc) is 2.25. The maximum absolute atomic E-state index is 12.4. The standard InChI is InChI=1S/C13H15F3O/c1-2-3-7-12(17)9-10-5-4-6-11(8-10)13(14,15)16/h4-6,8H,2-3,7,9H2,1H3. The molecule has 0 aromatic heterocycles. The molecule has 0 N–H and O–H groups in total. The second kappa shape index (κ2) is 5.84. The molecule has 1 rings (SSSR count). The first kappa shape index (κ1) is 13.7. The quantitative estimate of drug-likeness (QED) is 0.764. The largest absolute Gasteiger partial charge is 0.416 e. The normalized spacial score (nSPS) is 11.5. The molecule has 0 fully saturated rings. The van der Waals surface area contributed by atoms with E-state index < -0.39 is 11.7 Å². The minimum Gasteiger partial charge on any atom is -0.299 e. The molecule has 0 bridgehead atoms. The van der Waals surface area contributed by atoms with Crippen LogP contribution in [0.15, 0.2) is 24.3 Å². The Balaban J connectivity index is 2.69. The number of benzene rings is 1. The molecule has 0 saturated carbocycles. The van der Waals surface area contributed by atoms with Crippen LogP contribution in [0.1, 0.15) is 37.3 Å². The number of hydrogen-bond donors (Lipinski definition) is 0. The molecule has 0 spiro atoms. The van der Waals surface area contributed by atoms with Crippen molar-refractivity contribution in [2.45, 2.75) is 38.8 Å². The molecular weight excluding hydrogens is 229 g/mol. The lowest BCUT2D eigenvalue weighted by Gasteiger charge is -2.08. The number of hydrogen-bond acceptors (Lipinski definition) is 1. The highest BCUT2D eigenvalue weighted by Crippen LogP contribution is 2.29. The van der Waals surface area contributed by atoms with Crippen LogP contribution in [0.25, 0.3) is 0 Å². The summed E-state index contributed by atoms with van der Waals surface area (Å²) in [6, 6.07) is 4.95. The van der Waals surface area contributed by atoms with E-state index in [1.54, 1.807) is 6.07 Å². The Labute approximate surface area is 98.6 Å². The zero-order chi connectivity index (χ0) is 12.9. The first-order valence-electron chi connectivity index (χ1n) is 5.61. The Kier molecular flexibility index (Phi) is 4.73. The number of Topliss-reactive ketones (excluding diaryl/α,β-unsaturated/α-hetero) is 1. The molecule has 1 aromatic carbocycles. The summed E-state index contributed by atoms with van der Waals surface area (Å²) in [7, 11) is 0. The monoisotopic (exact) mass is 244 g/mol. The molecule has 17 heavy (non-hydrogen) atoms. The van der Waals surface area contributed by atoms with E-state index >= 15 is 0 Å². The summed E-state index contributed by atoms with van der Waals surface area (Å²) in [5, 5.41) is 0. The first-order chi connectivity index (χ1) is 7.93. The van der Waals surface area contributed by atoms with Crippen molar-refractivity contribution in [2.24, 2.45) is 0 Å². The van der Waals surface area contributed by atoms with Crippen molar-refractivity contribution < 1.29 is 18.0 Å². The molecule has 0 aliphatic rings. The van der Waals surface area contributed by atoms with E-state index in [2.05, 4.69) is 0 Å². The van der Waals surface area contributed by atoms with Crippen LogP contribution in [0.2, 0.25) is 0 Å². The smallest absolute Gasteiger partial charge is 0.299 e. The van der Waals surface area contributed by atoms with Crippen molar-refractivity contribution in [3.8, 4) is 0 Å². The third kappa shape index (κ3) is 4.59. The average molecular weight is 244 g/mol. The van der Waals surface area contributed by atoms with Gasteiger partial charge in [-0.1, -0.05) is 31.5 Å². The molecule has 0 unspecified atom stereocenters. The van der Waals surface area contributed by atoms with E-state index in [0.717, 1.165) is 25.0 Å². The Morgan fingerprint density at radius 1 is 1.29 bits per heavy atom. The molecule has 94 valence electrons. The van der Waals surface area contributed by atoms with Crippen LogP contribution < -0.4 is 0 Å². The van der Waals surface area contributed by atoms with E-state index in [1.807, 2.05) is 6.92 Å². The van der Waals surface area contributed by atoms with Crippen molar-refractivity contribution in [1.29, 1.82) is 0 Å². The Bertz CT molecular complexity index is 382. The molecule has 0 atom stereocenters. The van der Waals surface area contributed by atoms with Gasteiger partial charge in [0.1, 0.15) is 5.78 Å². The van der Waals surface area contributed by atoms with Crippen molar-refractivity contribution in [3.63, 3.8) is 0 Å².